The predicted octanol–water partition coefficient (Wildman–Crippen LogP) is 5.45. The number of benzene rings is 2. The molecular formula is C24H20BrNO4S. The second kappa shape index (κ2) is 8.69. The van der Waals surface area contributed by atoms with Gasteiger partial charge in [-0.15, -0.1) is 11.3 Å². The second-order valence-corrected chi connectivity index (χ2v) is 9.09. The number of likely N-dealkylation sites (tertiary alicyclic amines) is 1. The zero-order valence-electron chi connectivity index (χ0n) is 17.0. The number of rotatable bonds is 5. The van der Waals surface area contributed by atoms with Crippen LogP contribution in [0.4, 0.5) is 0 Å². The predicted molar refractivity (Wildman–Crippen MR) is 124 cm³/mol. The molecule has 1 aliphatic rings. The molecule has 0 bridgehead atoms. The molecule has 1 aliphatic heterocycles. The Morgan fingerprint density at radius 3 is 2.65 bits per heavy atom. The number of halogens is 1. The van der Waals surface area contributed by atoms with Crippen LogP contribution >= 0.6 is 27.3 Å². The van der Waals surface area contributed by atoms with E-state index in [9.17, 15) is 14.7 Å². The van der Waals surface area contributed by atoms with Gasteiger partial charge in [0.15, 0.2) is 0 Å². The van der Waals surface area contributed by atoms with Crippen molar-refractivity contribution < 1.29 is 19.4 Å². The molecule has 1 N–H and O–H groups in total. The van der Waals surface area contributed by atoms with Crippen LogP contribution in [0.1, 0.15) is 27.6 Å². The van der Waals surface area contributed by atoms with Gasteiger partial charge in [-0.1, -0.05) is 40.2 Å². The Hall–Kier alpha value is -2.90. The number of aliphatic hydroxyl groups excluding tert-OH is 1. The molecule has 0 saturated carbocycles. The number of ketones is 1. The molecule has 2 aromatic carbocycles. The lowest BCUT2D eigenvalue weighted by Crippen LogP contribution is -2.28. The molecule has 1 amide bonds. The highest BCUT2D eigenvalue weighted by Gasteiger charge is 2.46. The van der Waals surface area contributed by atoms with E-state index in [-0.39, 0.29) is 17.9 Å². The van der Waals surface area contributed by atoms with E-state index in [0.29, 0.717) is 11.3 Å². The molecule has 0 aliphatic carbocycles. The minimum absolute atomic E-state index is 0.108. The number of hydrogen-bond donors (Lipinski definition) is 1. The van der Waals surface area contributed by atoms with E-state index >= 15 is 0 Å². The van der Waals surface area contributed by atoms with Crippen molar-refractivity contribution in [2.24, 2.45) is 0 Å². The van der Waals surface area contributed by atoms with Gasteiger partial charge in [0.05, 0.1) is 18.7 Å². The Bertz CT molecular complexity index is 1190. The van der Waals surface area contributed by atoms with Crippen molar-refractivity contribution in [1.82, 2.24) is 4.90 Å². The maximum absolute atomic E-state index is 13.1. The summed E-state index contributed by atoms with van der Waals surface area (Å²) in [6.07, 6.45) is 0. The molecule has 5 nitrogen and oxygen atoms in total. The Morgan fingerprint density at radius 2 is 1.97 bits per heavy atom. The highest BCUT2D eigenvalue weighted by molar-refractivity contribution is 9.10. The average Bonchev–Trinajstić information content (AvgIpc) is 3.38. The van der Waals surface area contributed by atoms with E-state index in [1.165, 1.54) is 16.2 Å². The van der Waals surface area contributed by atoms with E-state index in [2.05, 4.69) is 15.9 Å². The second-order valence-electron chi connectivity index (χ2n) is 7.26. The summed E-state index contributed by atoms with van der Waals surface area (Å²) in [5.74, 6) is -0.802. The van der Waals surface area contributed by atoms with Gasteiger partial charge in [0.25, 0.3) is 11.7 Å². The van der Waals surface area contributed by atoms with Gasteiger partial charge in [-0.25, -0.2) is 0 Å². The molecule has 3 aromatic rings. The number of hydrogen-bond acceptors (Lipinski definition) is 5. The number of methoxy groups -OCH3 is 1. The van der Waals surface area contributed by atoms with Gasteiger partial charge in [-0.3, -0.25) is 9.59 Å². The number of aryl methyl sites for hydroxylation is 1. The summed E-state index contributed by atoms with van der Waals surface area (Å²) in [6, 6.07) is 15.8. The van der Waals surface area contributed by atoms with E-state index in [0.717, 1.165) is 20.5 Å². The monoisotopic (exact) mass is 497 g/mol. The quantitative estimate of drug-likeness (QED) is 0.289. The van der Waals surface area contributed by atoms with E-state index in [1.807, 2.05) is 54.8 Å². The number of thiophene rings is 1. The summed E-state index contributed by atoms with van der Waals surface area (Å²) < 4.78 is 6.18. The van der Waals surface area contributed by atoms with Gasteiger partial charge in [0.2, 0.25) is 0 Å². The lowest BCUT2D eigenvalue weighted by Gasteiger charge is -2.24. The van der Waals surface area contributed by atoms with E-state index in [1.54, 1.807) is 19.2 Å². The van der Waals surface area contributed by atoms with Crippen LogP contribution in [0, 0.1) is 6.92 Å². The van der Waals surface area contributed by atoms with Crippen LogP contribution in [0.15, 0.2) is 70.0 Å². The van der Waals surface area contributed by atoms with Gasteiger partial charge >= 0.3 is 0 Å². The first-order valence-electron chi connectivity index (χ1n) is 9.62. The van der Waals surface area contributed by atoms with E-state index in [4.69, 9.17) is 4.74 Å². The summed E-state index contributed by atoms with van der Waals surface area (Å²) in [7, 11) is 1.58. The lowest BCUT2D eigenvalue weighted by atomic mass is 9.99. The largest absolute Gasteiger partial charge is 0.507 e. The topological polar surface area (TPSA) is 66.8 Å². The molecule has 158 valence electrons. The van der Waals surface area contributed by atoms with Gasteiger partial charge < -0.3 is 14.7 Å². The summed E-state index contributed by atoms with van der Waals surface area (Å²) in [4.78, 5) is 28.4. The lowest BCUT2D eigenvalue weighted by molar-refractivity contribution is -0.140. The Morgan fingerprint density at radius 1 is 1.16 bits per heavy atom. The van der Waals surface area contributed by atoms with Crippen molar-refractivity contribution in [2.75, 3.05) is 7.11 Å². The molecule has 2 heterocycles. The van der Waals surface area contributed by atoms with Gasteiger partial charge in [-0.2, -0.15) is 0 Å². The molecule has 0 spiro atoms. The number of amides is 1. The molecule has 0 radical (unpaired) electrons. The van der Waals surface area contributed by atoms with Crippen LogP contribution in [-0.4, -0.2) is 28.8 Å². The molecule has 1 saturated heterocycles. The fourth-order valence-corrected chi connectivity index (χ4v) is 4.79. The van der Waals surface area contributed by atoms with Crippen LogP contribution in [0.2, 0.25) is 0 Å². The third-order valence-electron chi connectivity index (χ3n) is 5.27. The third-order valence-corrected chi connectivity index (χ3v) is 7.09. The Labute approximate surface area is 192 Å². The SMILES string of the molecule is COc1cccc(CN2C(=O)C(=O)/C(=C(\O)c3ccc(Br)c(C)c3)C2c2cccs2)c1. The Balaban J connectivity index is 1.82. The average molecular weight is 498 g/mol. The van der Waals surface area contributed by atoms with Crippen molar-refractivity contribution in [3.63, 3.8) is 0 Å². The van der Waals surface area contributed by atoms with Crippen molar-refractivity contribution in [3.05, 3.63) is 91.6 Å². The highest BCUT2D eigenvalue weighted by Crippen LogP contribution is 2.42. The number of carbonyl (C=O) groups excluding carboxylic acids is 2. The standard InChI is InChI=1S/C24H20BrNO4S/c1-14-11-16(8-9-18(14)25)22(27)20-21(19-7-4-10-31-19)26(24(29)23(20)28)13-15-5-3-6-17(12-15)30-2/h3-12,21,27H,13H2,1-2H3/b22-20-. The smallest absolute Gasteiger partial charge is 0.295 e. The molecule has 1 unspecified atom stereocenters. The summed E-state index contributed by atoms with van der Waals surface area (Å²) >= 11 is 4.89. The molecule has 1 fully saturated rings. The third kappa shape index (κ3) is 4.03. The molecule has 7 heteroatoms. The first-order chi connectivity index (χ1) is 14.9. The number of carbonyl (C=O) groups is 2. The summed E-state index contributed by atoms with van der Waals surface area (Å²) in [5, 5.41) is 13.0. The number of nitrogens with zero attached hydrogens (tertiary/aromatic N) is 1. The maximum atomic E-state index is 13.1. The fraction of sp³-hybridized carbons (Fsp3) is 0.167. The zero-order valence-corrected chi connectivity index (χ0v) is 19.4. The summed E-state index contributed by atoms with van der Waals surface area (Å²) in [6.45, 7) is 2.12. The first-order valence-corrected chi connectivity index (χ1v) is 11.3. The van der Waals surface area contributed by atoms with Crippen molar-refractivity contribution in [1.29, 1.82) is 0 Å². The van der Waals surface area contributed by atoms with Crippen LogP contribution < -0.4 is 4.74 Å². The molecule has 31 heavy (non-hydrogen) atoms. The van der Waals surface area contributed by atoms with Gasteiger partial charge in [0.1, 0.15) is 11.5 Å². The fourth-order valence-electron chi connectivity index (χ4n) is 3.70. The van der Waals surface area contributed by atoms with Gasteiger partial charge in [-0.05, 0) is 53.8 Å². The minimum atomic E-state index is -0.681. The highest BCUT2D eigenvalue weighted by atomic mass is 79.9. The number of aliphatic hydroxyl groups is 1. The van der Waals surface area contributed by atoms with Crippen LogP contribution in [0.3, 0.4) is 0 Å². The van der Waals surface area contributed by atoms with Crippen molar-refractivity contribution in [2.45, 2.75) is 19.5 Å². The molecule has 1 aromatic heterocycles. The van der Waals surface area contributed by atoms with E-state index < -0.39 is 17.7 Å². The minimum Gasteiger partial charge on any atom is -0.507 e. The summed E-state index contributed by atoms with van der Waals surface area (Å²) in [5.41, 5.74) is 2.36. The normalized spacial score (nSPS) is 17.9. The zero-order chi connectivity index (χ0) is 22.1. The molecule has 1 atom stereocenters. The van der Waals surface area contributed by atoms with Crippen LogP contribution in [-0.2, 0) is 16.1 Å². The van der Waals surface area contributed by atoms with Gasteiger partial charge in [0, 0.05) is 21.5 Å². The van der Waals surface area contributed by atoms with Crippen molar-refractivity contribution >= 4 is 44.7 Å². The molecular weight excluding hydrogens is 478 g/mol. The van der Waals surface area contributed by atoms with Crippen molar-refractivity contribution in [3.8, 4) is 5.75 Å². The van der Waals surface area contributed by atoms with Crippen LogP contribution in [0.25, 0.3) is 5.76 Å². The first kappa shape index (κ1) is 21.3. The molecule has 4 rings (SSSR count). The number of Topliss-reactive ketones (excluding diaryl/α,β-unsaturated/α-hetero) is 1. The Kier molecular flexibility index (Phi) is 5.98. The maximum Gasteiger partial charge on any atom is 0.295 e. The van der Waals surface area contributed by atoms with Crippen LogP contribution in [0.5, 0.6) is 5.75 Å². The number of ether oxygens (including phenoxy) is 1.